The van der Waals surface area contributed by atoms with E-state index in [1.165, 1.54) is 38.3 Å². The Bertz CT molecular complexity index is 1370. The van der Waals surface area contributed by atoms with E-state index in [0.29, 0.717) is 33.1 Å². The van der Waals surface area contributed by atoms with Gasteiger partial charge in [-0.15, -0.1) is 0 Å². The zero-order valence-electron chi connectivity index (χ0n) is 21.3. The molecule has 1 aliphatic rings. The van der Waals surface area contributed by atoms with Gasteiger partial charge < -0.3 is 0 Å². The summed E-state index contributed by atoms with van der Waals surface area (Å²) in [4.78, 5) is 23.6. The highest BCUT2D eigenvalue weighted by Crippen LogP contribution is 2.42. The van der Waals surface area contributed by atoms with Gasteiger partial charge in [0.1, 0.15) is 6.54 Å². The Labute approximate surface area is 213 Å². The first-order valence-corrected chi connectivity index (χ1v) is 12.4. The Morgan fingerprint density at radius 3 is 2.49 bits per heavy atom. The van der Waals surface area contributed by atoms with E-state index in [1.54, 1.807) is 32.9 Å². The number of rotatable bonds is 8. The fraction of sp³-hybridized carbons (Fsp3) is 0.391. The van der Waals surface area contributed by atoms with Crippen molar-refractivity contribution < 1.29 is 26.4 Å². The predicted octanol–water partition coefficient (Wildman–Crippen LogP) is 3.70. The van der Waals surface area contributed by atoms with Crippen molar-refractivity contribution in [1.82, 2.24) is 24.2 Å². The molecule has 1 N–H and O–H groups in total. The van der Waals surface area contributed by atoms with Crippen molar-refractivity contribution in [2.45, 2.75) is 39.4 Å². The highest BCUT2D eigenvalue weighted by atomic mass is 32.2. The molecule has 14 heteroatoms. The number of carbonyl (C=O) groups excluding carboxylic acids is 1. The van der Waals surface area contributed by atoms with Gasteiger partial charge in [-0.1, -0.05) is 0 Å². The summed E-state index contributed by atoms with van der Waals surface area (Å²) in [6, 6.07) is 3.25. The van der Waals surface area contributed by atoms with E-state index in [-0.39, 0.29) is 11.4 Å². The molecule has 0 saturated carbocycles. The van der Waals surface area contributed by atoms with Gasteiger partial charge in [0.25, 0.3) is 5.91 Å². The second-order valence-electron chi connectivity index (χ2n) is 9.22. The van der Waals surface area contributed by atoms with E-state index >= 15 is 0 Å². The highest BCUT2D eigenvalue weighted by molar-refractivity contribution is 7.90. The molecule has 0 atom stereocenters. The number of halogens is 3. The molecule has 0 unspecified atom stereocenters. The van der Waals surface area contributed by atoms with Crippen LogP contribution in [-0.2, 0) is 15.7 Å². The van der Waals surface area contributed by atoms with Crippen LogP contribution >= 0.6 is 0 Å². The fourth-order valence-corrected chi connectivity index (χ4v) is 4.67. The molecule has 0 radical (unpaired) electrons. The van der Waals surface area contributed by atoms with Crippen molar-refractivity contribution in [1.29, 1.82) is 0 Å². The Kier molecular flexibility index (Phi) is 7.39. The summed E-state index contributed by atoms with van der Waals surface area (Å²) < 4.78 is 66.5. The number of nitrogens with zero attached hydrogens (tertiary/aromatic N) is 6. The molecule has 0 aromatic carbocycles. The second-order valence-corrected chi connectivity index (χ2v) is 11.1. The van der Waals surface area contributed by atoms with Crippen LogP contribution in [0.15, 0.2) is 41.5 Å². The molecule has 3 rings (SSSR count). The fourth-order valence-electron chi connectivity index (χ4n) is 4.08. The first-order valence-electron chi connectivity index (χ1n) is 11.0. The molecule has 0 bridgehead atoms. The number of carbonyl (C=O) groups is 1. The number of aromatic nitrogens is 2. The highest BCUT2D eigenvalue weighted by Gasteiger charge is 2.46. The minimum atomic E-state index is -4.51. The topological polar surface area (TPSA) is 111 Å². The summed E-state index contributed by atoms with van der Waals surface area (Å²) in [7, 11) is -0.978. The van der Waals surface area contributed by atoms with E-state index in [9.17, 15) is 26.4 Å². The van der Waals surface area contributed by atoms with Crippen molar-refractivity contribution >= 4 is 28.5 Å². The van der Waals surface area contributed by atoms with E-state index in [2.05, 4.69) is 21.5 Å². The number of anilines is 1. The monoisotopic (exact) mass is 539 g/mol. The molecular weight excluding hydrogens is 511 g/mol. The molecule has 0 saturated heterocycles. The van der Waals surface area contributed by atoms with Crippen molar-refractivity contribution in [2.75, 3.05) is 25.4 Å². The zero-order chi connectivity index (χ0) is 27.9. The van der Waals surface area contributed by atoms with E-state index in [1.807, 2.05) is 0 Å². The Hall–Kier alpha value is -3.52. The summed E-state index contributed by atoms with van der Waals surface area (Å²) in [5.74, 6) is -0.410. The zero-order valence-corrected chi connectivity index (χ0v) is 22.1. The van der Waals surface area contributed by atoms with Crippen LogP contribution < -0.4 is 4.72 Å². The minimum Gasteiger partial charge on any atom is -0.300 e. The van der Waals surface area contributed by atoms with Crippen molar-refractivity contribution in [2.24, 2.45) is 5.10 Å². The first-order chi connectivity index (χ1) is 17.0. The van der Waals surface area contributed by atoms with Gasteiger partial charge in [0.2, 0.25) is 0 Å². The molecule has 200 valence electrons. The van der Waals surface area contributed by atoms with Gasteiger partial charge in [-0.05, 0) is 45.4 Å². The van der Waals surface area contributed by atoms with Crippen LogP contribution in [0.2, 0.25) is 0 Å². The minimum absolute atomic E-state index is 0.226. The summed E-state index contributed by atoms with van der Waals surface area (Å²) >= 11 is 0. The predicted molar refractivity (Wildman–Crippen MR) is 134 cm³/mol. The Balaban J connectivity index is 2.03. The molecule has 10 nitrogen and oxygen atoms in total. The summed E-state index contributed by atoms with van der Waals surface area (Å²) in [6.45, 7) is 8.54. The van der Waals surface area contributed by atoms with Crippen LogP contribution in [0, 0.1) is 6.92 Å². The maximum Gasteiger partial charge on any atom is 0.408 e. The maximum absolute atomic E-state index is 13.4. The third kappa shape index (κ3) is 5.74. The number of amides is 1. The third-order valence-electron chi connectivity index (χ3n) is 5.75. The molecule has 37 heavy (non-hydrogen) atoms. The molecule has 0 aliphatic carbocycles. The number of fused-ring (bicyclic) bond motifs is 1. The van der Waals surface area contributed by atoms with Crippen LogP contribution in [0.25, 0.3) is 11.3 Å². The average Bonchev–Trinajstić information content (AvgIpc) is 2.97. The largest absolute Gasteiger partial charge is 0.408 e. The van der Waals surface area contributed by atoms with Crippen LogP contribution in [0.5, 0.6) is 0 Å². The number of alkyl halides is 3. The molecule has 2 aromatic rings. The van der Waals surface area contributed by atoms with Gasteiger partial charge in [0.15, 0.2) is 0 Å². The molecule has 2 aromatic heterocycles. The Morgan fingerprint density at radius 2 is 1.92 bits per heavy atom. The van der Waals surface area contributed by atoms with Gasteiger partial charge in [-0.2, -0.15) is 31.0 Å². The van der Waals surface area contributed by atoms with Crippen LogP contribution in [0.1, 0.15) is 42.4 Å². The lowest BCUT2D eigenvalue weighted by molar-refractivity contribution is -0.140. The van der Waals surface area contributed by atoms with Crippen LogP contribution in [-0.4, -0.2) is 72.0 Å². The number of allylic oxidation sites excluding steroid dienone is 1. The average molecular weight is 540 g/mol. The molecule has 3 heterocycles. The lowest BCUT2D eigenvalue weighted by Crippen LogP contribution is -2.39. The van der Waals surface area contributed by atoms with Crippen molar-refractivity contribution in [3.8, 4) is 11.3 Å². The third-order valence-corrected chi connectivity index (χ3v) is 7.20. The van der Waals surface area contributed by atoms with Crippen molar-refractivity contribution in [3.05, 3.63) is 53.2 Å². The number of hydrogen-bond acceptors (Lipinski definition) is 7. The van der Waals surface area contributed by atoms with Gasteiger partial charge >= 0.3 is 16.4 Å². The number of hydrogen-bond donors (Lipinski definition) is 1. The van der Waals surface area contributed by atoms with E-state index in [0.717, 1.165) is 10.5 Å². The summed E-state index contributed by atoms with van der Waals surface area (Å²) in [5, 5.41) is 4.02. The number of hydrazone groups is 1. The molecule has 0 spiro atoms. The second kappa shape index (κ2) is 9.74. The molecule has 1 amide bonds. The van der Waals surface area contributed by atoms with Gasteiger partial charge in [-0.3, -0.25) is 24.4 Å². The quantitative estimate of drug-likeness (QED) is 0.405. The first kappa shape index (κ1) is 28.1. The molecule has 0 fully saturated rings. The molecular formula is C23H28F3N7O3S. The lowest BCUT2D eigenvalue weighted by atomic mass is 9.96. The molecule has 1 aliphatic heterocycles. The van der Waals surface area contributed by atoms with E-state index < -0.39 is 34.4 Å². The smallest absolute Gasteiger partial charge is 0.300 e. The Morgan fingerprint density at radius 1 is 1.27 bits per heavy atom. The van der Waals surface area contributed by atoms with Gasteiger partial charge in [0, 0.05) is 44.5 Å². The number of pyridine rings is 2. The van der Waals surface area contributed by atoms with Gasteiger partial charge in [0.05, 0.1) is 34.4 Å². The SMILES string of the molecule is C=NN(/C=C(\C)N1C(=O)c2c(C)cc(-c3cncc(NS(=O)(=O)N(C)C)c3)nc2C1(C)C)CC(F)(F)F. The maximum atomic E-state index is 13.4. The summed E-state index contributed by atoms with van der Waals surface area (Å²) in [5.41, 5.74) is 1.76. The van der Waals surface area contributed by atoms with Crippen molar-refractivity contribution in [3.63, 3.8) is 0 Å². The van der Waals surface area contributed by atoms with Gasteiger partial charge in [-0.25, -0.2) is 4.98 Å². The summed E-state index contributed by atoms with van der Waals surface area (Å²) in [6.07, 6.45) is -0.526. The number of nitrogens with one attached hydrogen (secondary N) is 1. The lowest BCUT2D eigenvalue weighted by Gasteiger charge is -2.33. The van der Waals surface area contributed by atoms with E-state index in [4.69, 9.17) is 4.98 Å². The van der Waals surface area contributed by atoms with Crippen LogP contribution in [0.3, 0.4) is 0 Å². The normalized spacial score (nSPS) is 15.7. The standard InChI is InChI=1S/C23H28F3N7O3S/c1-14-8-18(16-9-17(11-28-10-16)30-37(35,36)31(6)7)29-20-19(14)21(34)33(22(20,3)4)15(2)12-32(27-5)13-23(24,25)26/h8-12,30H,5,13H2,1-4,6-7H3/b15-12+. The number of aryl methyl sites for hydroxylation is 1. The van der Waals surface area contributed by atoms with Crippen LogP contribution in [0.4, 0.5) is 18.9 Å².